The van der Waals surface area contributed by atoms with Crippen LogP contribution in [0, 0.1) is 0 Å². The molecule has 0 atom stereocenters. The van der Waals surface area contributed by atoms with Gasteiger partial charge < -0.3 is 25.3 Å². The van der Waals surface area contributed by atoms with Crippen LogP contribution in [-0.2, 0) is 14.3 Å². The van der Waals surface area contributed by atoms with Gasteiger partial charge >= 0.3 is 11.9 Å². The molecule has 2 rings (SSSR count). The molecule has 3 N–H and O–H groups in total. The molecule has 0 saturated heterocycles. The third kappa shape index (κ3) is 5.73. The number of carbonyl (C=O) groups is 3. The van der Waals surface area contributed by atoms with Crippen LogP contribution in [0.15, 0.2) is 42.5 Å². The van der Waals surface area contributed by atoms with E-state index in [1.807, 2.05) is 6.07 Å². The van der Waals surface area contributed by atoms with Crippen LogP contribution in [0.4, 0.5) is 11.4 Å². The normalized spacial score (nSPS) is 10.1. The Morgan fingerprint density at radius 3 is 2.14 bits per heavy atom. The minimum Gasteiger partial charge on any atom is -0.491 e. The molecule has 2 aromatic carbocycles. The van der Waals surface area contributed by atoms with Gasteiger partial charge in [-0.05, 0) is 36.8 Å². The smallest absolute Gasteiger partial charge is 0.337 e. The van der Waals surface area contributed by atoms with Gasteiger partial charge in [-0.1, -0.05) is 12.1 Å². The average Bonchev–Trinajstić information content (AvgIpc) is 2.70. The maximum atomic E-state index is 12.2. The van der Waals surface area contributed by atoms with Crippen molar-refractivity contribution >= 4 is 29.2 Å². The summed E-state index contributed by atoms with van der Waals surface area (Å²) in [5.41, 5.74) is 6.86. The summed E-state index contributed by atoms with van der Waals surface area (Å²) in [6.07, 6.45) is 0.642. The number of amides is 1. The Balaban J connectivity index is 1.95. The molecule has 0 heterocycles. The van der Waals surface area contributed by atoms with E-state index in [9.17, 15) is 14.4 Å². The second-order valence-corrected chi connectivity index (χ2v) is 5.82. The van der Waals surface area contributed by atoms with Crippen LogP contribution in [0.25, 0.3) is 0 Å². The minimum atomic E-state index is -0.630. The van der Waals surface area contributed by atoms with Crippen molar-refractivity contribution in [2.24, 2.45) is 0 Å². The molecule has 0 fully saturated rings. The SMILES string of the molecule is COC(=O)c1cc(NC(=O)CCCOc2ccccc2N)cc(C(=O)OC)c1. The third-order valence-electron chi connectivity index (χ3n) is 3.78. The molecule has 1 amide bonds. The molecule has 0 unspecified atom stereocenters. The van der Waals surface area contributed by atoms with Gasteiger partial charge in [-0.3, -0.25) is 4.79 Å². The largest absolute Gasteiger partial charge is 0.491 e. The molecule has 0 aromatic heterocycles. The number of methoxy groups -OCH3 is 2. The van der Waals surface area contributed by atoms with Crippen molar-refractivity contribution in [2.45, 2.75) is 12.8 Å². The predicted molar refractivity (Wildman–Crippen MR) is 103 cm³/mol. The van der Waals surface area contributed by atoms with Gasteiger partial charge in [-0.15, -0.1) is 0 Å². The Kier molecular flexibility index (Phi) is 7.38. The number of ether oxygens (including phenoxy) is 3. The number of anilines is 2. The molecule has 0 radical (unpaired) electrons. The maximum Gasteiger partial charge on any atom is 0.337 e. The van der Waals surface area contributed by atoms with E-state index < -0.39 is 11.9 Å². The Labute approximate surface area is 162 Å². The van der Waals surface area contributed by atoms with Gasteiger partial charge in [0.05, 0.1) is 37.6 Å². The van der Waals surface area contributed by atoms with Crippen LogP contribution in [0.2, 0.25) is 0 Å². The molecule has 0 aliphatic rings. The third-order valence-corrected chi connectivity index (χ3v) is 3.78. The Bertz CT molecular complexity index is 831. The lowest BCUT2D eigenvalue weighted by atomic mass is 10.1. The van der Waals surface area contributed by atoms with E-state index >= 15 is 0 Å². The summed E-state index contributed by atoms with van der Waals surface area (Å²) in [7, 11) is 2.45. The number of hydrogen-bond acceptors (Lipinski definition) is 7. The van der Waals surface area contributed by atoms with Gasteiger partial charge in [0, 0.05) is 12.1 Å². The van der Waals surface area contributed by atoms with Crippen molar-refractivity contribution < 1.29 is 28.6 Å². The van der Waals surface area contributed by atoms with Crippen LogP contribution in [-0.4, -0.2) is 38.7 Å². The summed E-state index contributed by atoms with van der Waals surface area (Å²) in [6.45, 7) is 0.317. The Morgan fingerprint density at radius 1 is 0.964 bits per heavy atom. The van der Waals surface area contributed by atoms with Crippen LogP contribution in [0.5, 0.6) is 5.75 Å². The minimum absolute atomic E-state index is 0.128. The van der Waals surface area contributed by atoms with Crippen molar-refractivity contribution in [1.29, 1.82) is 0 Å². The molecular weight excluding hydrogens is 364 g/mol. The van der Waals surface area contributed by atoms with Gasteiger partial charge in [0.15, 0.2) is 0 Å². The van der Waals surface area contributed by atoms with Gasteiger partial charge in [0.1, 0.15) is 5.75 Å². The number of esters is 2. The summed E-state index contributed by atoms with van der Waals surface area (Å²) in [6, 6.07) is 11.3. The number of rotatable bonds is 8. The quantitative estimate of drug-likeness (QED) is 0.407. The zero-order valence-electron chi connectivity index (χ0n) is 15.7. The van der Waals surface area contributed by atoms with Crippen LogP contribution < -0.4 is 15.8 Å². The summed E-state index contributed by atoms with van der Waals surface area (Å²) in [4.78, 5) is 35.7. The van der Waals surface area contributed by atoms with Crippen molar-refractivity contribution in [3.8, 4) is 5.75 Å². The molecule has 0 aliphatic heterocycles. The van der Waals surface area contributed by atoms with Crippen LogP contribution >= 0.6 is 0 Å². The molecule has 2 aromatic rings. The fraction of sp³-hybridized carbons (Fsp3) is 0.250. The first kappa shape index (κ1) is 20.8. The fourth-order valence-corrected chi connectivity index (χ4v) is 2.42. The zero-order chi connectivity index (χ0) is 20.5. The lowest BCUT2D eigenvalue weighted by Gasteiger charge is -2.10. The topological polar surface area (TPSA) is 117 Å². The molecule has 0 bridgehead atoms. The van der Waals surface area contributed by atoms with Crippen LogP contribution in [0.3, 0.4) is 0 Å². The predicted octanol–water partition coefficient (Wildman–Crippen LogP) is 2.64. The fourth-order valence-electron chi connectivity index (χ4n) is 2.42. The zero-order valence-corrected chi connectivity index (χ0v) is 15.7. The summed E-state index contributed by atoms with van der Waals surface area (Å²) < 4.78 is 14.9. The molecule has 0 aliphatic carbocycles. The second kappa shape index (κ2) is 9.96. The number of carbonyl (C=O) groups excluding carboxylic acids is 3. The molecule has 28 heavy (non-hydrogen) atoms. The van der Waals surface area contributed by atoms with E-state index in [1.54, 1.807) is 18.2 Å². The van der Waals surface area contributed by atoms with Crippen LogP contribution in [0.1, 0.15) is 33.6 Å². The summed E-state index contributed by atoms with van der Waals surface area (Å²) in [5, 5.41) is 2.66. The highest BCUT2D eigenvalue weighted by atomic mass is 16.5. The Hall–Kier alpha value is -3.55. The number of nitrogens with two attached hydrogens (primary N) is 1. The monoisotopic (exact) mass is 386 g/mol. The van der Waals surface area contributed by atoms with Crippen molar-refractivity contribution in [1.82, 2.24) is 0 Å². The standard InChI is InChI=1S/C20H22N2O6/c1-26-19(24)13-10-14(20(25)27-2)12-15(11-13)22-18(23)8-5-9-28-17-7-4-3-6-16(17)21/h3-4,6-7,10-12H,5,8-9,21H2,1-2H3,(H,22,23). The van der Waals surface area contributed by atoms with E-state index in [0.29, 0.717) is 30.2 Å². The number of para-hydroxylation sites is 2. The van der Waals surface area contributed by atoms with E-state index in [2.05, 4.69) is 14.8 Å². The summed E-state index contributed by atoms with van der Waals surface area (Å²) in [5.74, 6) is -0.982. The van der Waals surface area contributed by atoms with E-state index in [4.69, 9.17) is 10.5 Å². The Morgan fingerprint density at radius 2 is 1.57 bits per heavy atom. The first-order chi connectivity index (χ1) is 13.4. The van der Waals surface area contributed by atoms with Gasteiger partial charge in [-0.2, -0.15) is 0 Å². The first-order valence-electron chi connectivity index (χ1n) is 8.53. The highest BCUT2D eigenvalue weighted by Gasteiger charge is 2.15. The average molecular weight is 386 g/mol. The van der Waals surface area contributed by atoms with Gasteiger partial charge in [0.25, 0.3) is 0 Å². The molecule has 8 nitrogen and oxygen atoms in total. The van der Waals surface area contributed by atoms with E-state index in [1.165, 1.54) is 32.4 Å². The first-order valence-corrected chi connectivity index (χ1v) is 8.53. The number of nitrogens with one attached hydrogen (secondary N) is 1. The number of nitrogen functional groups attached to an aromatic ring is 1. The summed E-state index contributed by atoms with van der Waals surface area (Å²) >= 11 is 0. The van der Waals surface area contributed by atoms with E-state index in [-0.39, 0.29) is 23.5 Å². The molecule has 148 valence electrons. The molecular formula is C20H22N2O6. The highest BCUT2D eigenvalue weighted by molar-refractivity contribution is 5.99. The maximum absolute atomic E-state index is 12.2. The van der Waals surface area contributed by atoms with Crippen molar-refractivity contribution in [3.63, 3.8) is 0 Å². The molecule has 0 saturated carbocycles. The molecule has 0 spiro atoms. The lowest BCUT2D eigenvalue weighted by Crippen LogP contribution is -2.15. The molecule has 8 heteroatoms. The lowest BCUT2D eigenvalue weighted by molar-refractivity contribution is -0.116. The van der Waals surface area contributed by atoms with E-state index in [0.717, 1.165) is 0 Å². The second-order valence-electron chi connectivity index (χ2n) is 5.82. The van der Waals surface area contributed by atoms with Gasteiger partial charge in [0.2, 0.25) is 5.91 Å². The van der Waals surface area contributed by atoms with Crippen molar-refractivity contribution in [3.05, 3.63) is 53.6 Å². The number of benzene rings is 2. The highest BCUT2D eigenvalue weighted by Crippen LogP contribution is 2.20. The number of hydrogen-bond donors (Lipinski definition) is 2. The van der Waals surface area contributed by atoms with Gasteiger partial charge in [-0.25, -0.2) is 9.59 Å². The van der Waals surface area contributed by atoms with Crippen molar-refractivity contribution in [2.75, 3.05) is 31.9 Å².